The number of benzene rings is 3. The van der Waals surface area contributed by atoms with Gasteiger partial charge in [-0.1, -0.05) is 92.2 Å². The average Bonchev–Trinajstić information content (AvgIpc) is 3.79. The highest BCUT2D eigenvalue weighted by Gasteiger charge is 2.45. The van der Waals surface area contributed by atoms with E-state index in [1.807, 2.05) is 36.4 Å². The molecule has 2 aliphatic carbocycles. The van der Waals surface area contributed by atoms with Gasteiger partial charge < -0.3 is 28.6 Å². The van der Waals surface area contributed by atoms with Crippen LogP contribution in [0.25, 0.3) is 33.1 Å². The largest absolute Gasteiger partial charge is 0.497 e. The first-order chi connectivity index (χ1) is 28.3. The minimum atomic E-state index is -2.07. The summed E-state index contributed by atoms with van der Waals surface area (Å²) < 4.78 is 23.6. The lowest BCUT2D eigenvalue weighted by Gasteiger charge is -2.42. The van der Waals surface area contributed by atoms with Crippen molar-refractivity contribution in [3.05, 3.63) is 87.0 Å². The zero-order valence-corrected chi connectivity index (χ0v) is 39.3. The Labute approximate surface area is 360 Å². The number of hydrogen-bond acceptors (Lipinski definition) is 6. The highest BCUT2D eigenvalue weighted by atomic mass is 79.9. The average molecular weight is 886 g/mol. The summed E-state index contributed by atoms with van der Waals surface area (Å²) in [7, 11) is 2.49. The molecule has 318 valence electrons. The van der Waals surface area contributed by atoms with Gasteiger partial charge in [-0.15, -0.1) is 0 Å². The third kappa shape index (κ3) is 9.40. The number of halogens is 1. The van der Waals surface area contributed by atoms with E-state index in [0.717, 1.165) is 38.2 Å². The molecule has 0 radical (unpaired) electrons. The predicted molar refractivity (Wildman–Crippen MR) is 246 cm³/mol. The Bertz CT molecular complexity index is 2200. The molecule has 2 saturated carbocycles. The lowest BCUT2D eigenvalue weighted by Crippen LogP contribution is -2.47. The quantitative estimate of drug-likeness (QED) is 0.0956. The Morgan fingerprint density at radius 3 is 1.64 bits per heavy atom. The van der Waals surface area contributed by atoms with Crippen LogP contribution in [0, 0.1) is 0 Å². The minimum absolute atomic E-state index is 0.295. The number of fused-ring (bicyclic) bond motifs is 2. The molecule has 0 saturated heterocycles. The summed E-state index contributed by atoms with van der Waals surface area (Å²) in [5.41, 5.74) is 10.8. The SMILES string of the molecule is COC(=O)c1ccc2c(C3CCCCC3)c(-c3ccc(OC)cc3CO[Si](C(C)C)(C(C)C)C(C)C)[nH]c2c1.COC(=O)c1ccc2c(C3CCCCC3)c(Br)[nH]c2c1. The molecule has 10 heteroatoms. The molecular formula is C49H65BrN2O6Si. The van der Waals surface area contributed by atoms with Crippen molar-refractivity contribution < 1.29 is 28.2 Å². The topological polar surface area (TPSA) is 103 Å². The number of esters is 2. The van der Waals surface area contributed by atoms with Crippen molar-refractivity contribution in [1.29, 1.82) is 0 Å². The van der Waals surface area contributed by atoms with E-state index in [4.69, 9.17) is 18.6 Å². The van der Waals surface area contributed by atoms with E-state index < -0.39 is 8.32 Å². The van der Waals surface area contributed by atoms with Gasteiger partial charge in [-0.05, 0) is 129 Å². The van der Waals surface area contributed by atoms with Crippen molar-refractivity contribution in [3.8, 4) is 17.0 Å². The summed E-state index contributed by atoms with van der Waals surface area (Å²) >= 11 is 3.65. The zero-order valence-electron chi connectivity index (χ0n) is 36.7. The number of H-pyrrole nitrogens is 2. The summed E-state index contributed by atoms with van der Waals surface area (Å²) in [5.74, 6) is 1.33. The summed E-state index contributed by atoms with van der Waals surface area (Å²) in [6.45, 7) is 14.5. The summed E-state index contributed by atoms with van der Waals surface area (Å²) in [5, 5.41) is 2.42. The number of carbonyl (C=O) groups is 2. The van der Waals surface area contributed by atoms with E-state index in [1.165, 1.54) is 100 Å². The molecule has 2 aromatic heterocycles. The maximum atomic E-state index is 12.3. The molecular weight excluding hydrogens is 821 g/mol. The van der Waals surface area contributed by atoms with Gasteiger partial charge in [0.25, 0.3) is 0 Å². The van der Waals surface area contributed by atoms with Crippen molar-refractivity contribution in [2.24, 2.45) is 0 Å². The molecule has 0 unspecified atom stereocenters. The standard InChI is InChI=1S/C33H47NO4Si.C16H18BrNO2/c1-21(2)39(22(3)4,23(5)6)38-20-26-18-27(36-7)15-17-28(26)32-31(24-12-10-9-11-13-24)29-16-14-25(33(35)37-8)19-30(29)34-32;1-20-16(19)11-7-8-12-13(9-11)18-15(17)14(12)10-5-3-2-4-6-10/h14-19,21-24,34H,9-13,20H2,1-8H3;7-10,18H,2-6H2,1H3. The molecule has 2 N–H and O–H groups in total. The molecule has 0 amide bonds. The van der Waals surface area contributed by atoms with Gasteiger partial charge in [-0.2, -0.15) is 0 Å². The number of carbonyl (C=O) groups excluding carboxylic acids is 2. The Hall–Kier alpha value is -3.86. The summed E-state index contributed by atoms with van der Waals surface area (Å²) in [6, 6.07) is 18.1. The first-order valence-corrected chi connectivity index (χ1v) is 24.7. The van der Waals surface area contributed by atoms with E-state index in [9.17, 15) is 9.59 Å². The molecule has 2 heterocycles. The van der Waals surface area contributed by atoms with E-state index in [2.05, 4.69) is 85.6 Å². The van der Waals surface area contributed by atoms with Gasteiger partial charge in [0.1, 0.15) is 5.75 Å². The van der Waals surface area contributed by atoms with Crippen LogP contribution in [0.4, 0.5) is 0 Å². The van der Waals surface area contributed by atoms with E-state index in [1.54, 1.807) is 7.11 Å². The molecule has 5 aromatic rings. The molecule has 0 spiro atoms. The summed E-state index contributed by atoms with van der Waals surface area (Å²) in [4.78, 5) is 31.0. The molecule has 2 aliphatic rings. The molecule has 8 nitrogen and oxygen atoms in total. The van der Waals surface area contributed by atoms with E-state index in [-0.39, 0.29) is 11.9 Å². The first-order valence-electron chi connectivity index (χ1n) is 21.8. The lowest BCUT2D eigenvalue weighted by atomic mass is 9.81. The number of methoxy groups -OCH3 is 3. The van der Waals surface area contributed by atoms with Gasteiger partial charge in [-0.3, -0.25) is 0 Å². The molecule has 0 atom stereocenters. The molecule has 0 bridgehead atoms. The van der Waals surface area contributed by atoms with Crippen LogP contribution in [0.15, 0.2) is 59.2 Å². The lowest BCUT2D eigenvalue weighted by molar-refractivity contribution is 0.0592. The number of aromatic nitrogens is 2. The third-order valence-electron chi connectivity index (χ3n) is 13.3. The van der Waals surface area contributed by atoms with Crippen LogP contribution >= 0.6 is 15.9 Å². The second-order valence-electron chi connectivity index (χ2n) is 17.6. The van der Waals surface area contributed by atoms with Crippen LogP contribution in [0.2, 0.25) is 16.6 Å². The van der Waals surface area contributed by atoms with Gasteiger partial charge in [0.2, 0.25) is 8.32 Å². The van der Waals surface area contributed by atoms with Crippen LogP contribution < -0.4 is 4.74 Å². The second-order valence-corrected chi connectivity index (χ2v) is 23.8. The van der Waals surface area contributed by atoms with Crippen LogP contribution in [-0.2, 0) is 20.5 Å². The van der Waals surface area contributed by atoms with Crippen LogP contribution in [0.5, 0.6) is 5.75 Å². The van der Waals surface area contributed by atoms with Crippen molar-refractivity contribution in [3.63, 3.8) is 0 Å². The second kappa shape index (κ2) is 19.7. The van der Waals surface area contributed by atoms with Gasteiger partial charge in [0.05, 0.1) is 49.4 Å². The maximum Gasteiger partial charge on any atom is 0.337 e. The maximum absolute atomic E-state index is 12.3. The zero-order chi connectivity index (χ0) is 42.4. The number of hydrogen-bond donors (Lipinski definition) is 2. The molecule has 59 heavy (non-hydrogen) atoms. The third-order valence-corrected chi connectivity index (χ3v) is 19.9. The van der Waals surface area contributed by atoms with Gasteiger partial charge in [0, 0.05) is 27.4 Å². The van der Waals surface area contributed by atoms with Crippen LogP contribution in [0.3, 0.4) is 0 Å². The monoisotopic (exact) mass is 884 g/mol. The predicted octanol–water partition coefficient (Wildman–Crippen LogP) is 14.1. The fraction of sp³-hybridized carbons (Fsp3) is 0.510. The number of aromatic amines is 2. The smallest absolute Gasteiger partial charge is 0.337 e. The molecule has 0 aliphatic heterocycles. The first kappa shape index (κ1) is 44.7. The summed E-state index contributed by atoms with van der Waals surface area (Å²) in [6.07, 6.45) is 12.7. The van der Waals surface area contributed by atoms with Crippen LogP contribution in [0.1, 0.15) is 155 Å². The Morgan fingerprint density at radius 1 is 0.661 bits per heavy atom. The molecule has 2 fully saturated rings. The molecule has 7 rings (SSSR count). The minimum Gasteiger partial charge on any atom is -0.497 e. The number of ether oxygens (including phenoxy) is 3. The normalized spacial score (nSPS) is 15.5. The number of rotatable bonds is 12. The fourth-order valence-corrected chi connectivity index (χ4v) is 16.6. The van der Waals surface area contributed by atoms with Gasteiger partial charge >= 0.3 is 11.9 Å². The highest BCUT2D eigenvalue weighted by molar-refractivity contribution is 9.10. The van der Waals surface area contributed by atoms with Crippen molar-refractivity contribution >= 4 is 58.0 Å². The Kier molecular flexibility index (Phi) is 14.9. The van der Waals surface area contributed by atoms with Crippen molar-refractivity contribution in [2.45, 2.75) is 141 Å². The number of nitrogens with one attached hydrogen (secondary N) is 2. The van der Waals surface area contributed by atoms with Crippen molar-refractivity contribution in [1.82, 2.24) is 9.97 Å². The van der Waals surface area contributed by atoms with Gasteiger partial charge in [0.15, 0.2) is 0 Å². The van der Waals surface area contributed by atoms with Crippen LogP contribution in [-0.4, -0.2) is 51.6 Å². The van der Waals surface area contributed by atoms with Crippen molar-refractivity contribution in [2.75, 3.05) is 21.3 Å². The van der Waals surface area contributed by atoms with E-state index >= 15 is 0 Å². The van der Waals surface area contributed by atoms with E-state index in [0.29, 0.717) is 46.2 Å². The Balaban J connectivity index is 0.000000244. The Morgan fingerprint density at radius 2 is 1.15 bits per heavy atom. The fourth-order valence-electron chi connectivity index (χ4n) is 10.5. The van der Waals surface area contributed by atoms with Gasteiger partial charge in [-0.25, -0.2) is 9.59 Å². The molecule has 3 aromatic carbocycles. The highest BCUT2D eigenvalue weighted by Crippen LogP contribution is 2.46.